The summed E-state index contributed by atoms with van der Waals surface area (Å²) in [4.78, 5) is 4.59. The molecule has 0 amide bonds. The molecule has 0 aliphatic carbocycles. The maximum absolute atomic E-state index is 6.31. The molecule has 1 heterocycles. The topological polar surface area (TPSA) is 18.5 Å². The van der Waals surface area contributed by atoms with Gasteiger partial charge in [-0.3, -0.25) is 4.90 Å². The van der Waals surface area contributed by atoms with Crippen LogP contribution in [-0.2, 0) is 6.54 Å². The van der Waals surface area contributed by atoms with E-state index in [9.17, 15) is 0 Å². The average Bonchev–Trinajstić information content (AvgIpc) is 2.71. The van der Waals surface area contributed by atoms with Gasteiger partial charge < -0.3 is 10.2 Å². The van der Waals surface area contributed by atoms with Gasteiger partial charge in [0.2, 0.25) is 0 Å². The lowest BCUT2D eigenvalue weighted by molar-refractivity contribution is 0.177. The van der Waals surface area contributed by atoms with Crippen LogP contribution < -0.4 is 5.32 Å². The molecule has 0 unspecified atom stereocenters. The average molecular weight is 430 g/mol. The van der Waals surface area contributed by atoms with Gasteiger partial charge in [-0.05, 0) is 35.8 Å². The van der Waals surface area contributed by atoms with Crippen molar-refractivity contribution in [2.75, 3.05) is 31.5 Å². The summed E-state index contributed by atoms with van der Waals surface area (Å²) >= 11 is 18.3. The summed E-state index contributed by atoms with van der Waals surface area (Å²) in [5, 5.41) is 8.04. The Morgan fingerprint density at radius 1 is 0.857 bits per heavy atom. The largest absolute Gasteiger partial charge is 0.346 e. The van der Waals surface area contributed by atoms with E-state index >= 15 is 0 Å². The molecule has 3 nitrogen and oxygen atoms in total. The van der Waals surface area contributed by atoms with E-state index in [0.717, 1.165) is 59.1 Å². The van der Waals surface area contributed by atoms with Gasteiger partial charge >= 0.3 is 0 Å². The first-order chi connectivity index (χ1) is 13.6. The van der Waals surface area contributed by atoms with Crippen LogP contribution in [0.25, 0.3) is 10.8 Å². The molecular formula is C22H21Cl2N3S. The highest BCUT2D eigenvalue weighted by atomic mass is 35.5. The van der Waals surface area contributed by atoms with Crippen LogP contribution in [0.4, 0.5) is 5.69 Å². The van der Waals surface area contributed by atoms with Crippen LogP contribution in [-0.4, -0.2) is 41.1 Å². The smallest absolute Gasteiger partial charge is 0.173 e. The second-order valence-corrected chi connectivity index (χ2v) is 8.12. The van der Waals surface area contributed by atoms with Gasteiger partial charge in [-0.25, -0.2) is 0 Å². The number of nitrogens with one attached hydrogen (secondary N) is 1. The van der Waals surface area contributed by atoms with Crippen molar-refractivity contribution in [3.05, 3.63) is 76.3 Å². The van der Waals surface area contributed by atoms with Gasteiger partial charge in [0, 0.05) is 59.4 Å². The van der Waals surface area contributed by atoms with E-state index in [0.29, 0.717) is 0 Å². The second-order valence-electron chi connectivity index (χ2n) is 6.92. The monoisotopic (exact) mass is 429 g/mol. The van der Waals surface area contributed by atoms with Crippen molar-refractivity contribution >= 4 is 57.0 Å². The van der Waals surface area contributed by atoms with Gasteiger partial charge in [0.25, 0.3) is 0 Å². The van der Waals surface area contributed by atoms with Crippen LogP contribution in [0, 0.1) is 0 Å². The van der Waals surface area contributed by atoms with Crippen molar-refractivity contribution in [2.24, 2.45) is 0 Å². The minimum atomic E-state index is 0.725. The first-order valence-corrected chi connectivity index (χ1v) is 10.5. The van der Waals surface area contributed by atoms with Crippen LogP contribution in [0.3, 0.4) is 0 Å². The molecule has 6 heteroatoms. The Morgan fingerprint density at radius 3 is 2.25 bits per heavy atom. The molecular weight excluding hydrogens is 409 g/mol. The molecule has 28 heavy (non-hydrogen) atoms. The zero-order chi connectivity index (χ0) is 19.5. The zero-order valence-corrected chi connectivity index (χ0v) is 17.7. The van der Waals surface area contributed by atoms with Crippen molar-refractivity contribution in [3.8, 4) is 0 Å². The molecule has 3 aromatic rings. The van der Waals surface area contributed by atoms with E-state index in [1.165, 1.54) is 10.8 Å². The Kier molecular flexibility index (Phi) is 6.02. The fourth-order valence-electron chi connectivity index (χ4n) is 3.54. The highest BCUT2D eigenvalue weighted by Gasteiger charge is 2.20. The number of anilines is 1. The lowest BCUT2D eigenvalue weighted by Crippen LogP contribution is -2.49. The van der Waals surface area contributed by atoms with Crippen LogP contribution >= 0.6 is 35.4 Å². The summed E-state index contributed by atoms with van der Waals surface area (Å²) in [6, 6.07) is 20.2. The number of nitrogens with zero attached hydrogens (tertiary/aromatic N) is 2. The first kappa shape index (κ1) is 19.5. The summed E-state index contributed by atoms with van der Waals surface area (Å²) in [6.45, 7) is 4.34. The Labute approximate surface area is 180 Å². The number of rotatable bonds is 3. The van der Waals surface area contributed by atoms with E-state index in [2.05, 4.69) is 57.6 Å². The molecule has 0 aromatic heterocycles. The lowest BCUT2D eigenvalue weighted by Gasteiger charge is -2.36. The predicted octanol–water partition coefficient (Wildman–Crippen LogP) is 5.66. The summed E-state index contributed by atoms with van der Waals surface area (Å²) in [6.07, 6.45) is 0. The molecule has 0 radical (unpaired) electrons. The molecule has 144 valence electrons. The van der Waals surface area contributed by atoms with Gasteiger partial charge in [0.1, 0.15) is 0 Å². The Hall–Kier alpha value is -1.85. The number of piperazine rings is 1. The molecule has 3 aromatic carbocycles. The maximum Gasteiger partial charge on any atom is 0.173 e. The summed E-state index contributed by atoms with van der Waals surface area (Å²) in [5.74, 6) is 0. The third-order valence-corrected chi connectivity index (χ3v) is 6.20. The Morgan fingerprint density at radius 2 is 1.50 bits per heavy atom. The van der Waals surface area contributed by atoms with Crippen molar-refractivity contribution in [2.45, 2.75) is 6.54 Å². The molecule has 1 saturated heterocycles. The van der Waals surface area contributed by atoms with E-state index in [1.807, 2.05) is 18.2 Å². The standard InChI is InChI=1S/C22H21Cl2N3S/c23-19-8-4-9-20(24)18(19)15-26-11-13-27(14-12-26)22(28)25-21-10-3-6-16-5-1-2-7-17(16)21/h1-10H,11-15H2,(H,25,28). The lowest BCUT2D eigenvalue weighted by atomic mass is 10.1. The van der Waals surface area contributed by atoms with Crippen LogP contribution in [0.15, 0.2) is 60.7 Å². The third-order valence-electron chi connectivity index (χ3n) is 5.13. The molecule has 0 spiro atoms. The number of hydrogen-bond donors (Lipinski definition) is 1. The molecule has 1 N–H and O–H groups in total. The van der Waals surface area contributed by atoms with Gasteiger partial charge in [0.05, 0.1) is 0 Å². The number of benzene rings is 3. The van der Waals surface area contributed by atoms with Gasteiger partial charge in [-0.15, -0.1) is 0 Å². The summed E-state index contributed by atoms with van der Waals surface area (Å²) in [7, 11) is 0. The highest BCUT2D eigenvalue weighted by molar-refractivity contribution is 7.80. The first-order valence-electron chi connectivity index (χ1n) is 9.31. The van der Waals surface area contributed by atoms with Gasteiger partial charge in [-0.2, -0.15) is 0 Å². The predicted molar refractivity (Wildman–Crippen MR) is 123 cm³/mol. The van der Waals surface area contributed by atoms with E-state index in [-0.39, 0.29) is 0 Å². The van der Waals surface area contributed by atoms with Gasteiger partial charge in [-0.1, -0.05) is 65.7 Å². The fourth-order valence-corrected chi connectivity index (χ4v) is 4.35. The normalized spacial score (nSPS) is 15.0. The van der Waals surface area contributed by atoms with Crippen molar-refractivity contribution in [1.82, 2.24) is 9.80 Å². The van der Waals surface area contributed by atoms with Crippen molar-refractivity contribution in [3.63, 3.8) is 0 Å². The van der Waals surface area contributed by atoms with E-state index < -0.39 is 0 Å². The summed E-state index contributed by atoms with van der Waals surface area (Å²) < 4.78 is 0. The maximum atomic E-state index is 6.31. The molecule has 0 bridgehead atoms. The second kappa shape index (κ2) is 8.66. The molecule has 0 saturated carbocycles. The highest BCUT2D eigenvalue weighted by Crippen LogP contribution is 2.26. The van der Waals surface area contributed by atoms with Gasteiger partial charge in [0.15, 0.2) is 5.11 Å². The van der Waals surface area contributed by atoms with Crippen molar-refractivity contribution < 1.29 is 0 Å². The number of halogens is 2. The zero-order valence-electron chi connectivity index (χ0n) is 15.4. The van der Waals surface area contributed by atoms with E-state index in [4.69, 9.17) is 35.4 Å². The molecule has 1 fully saturated rings. The quantitative estimate of drug-likeness (QED) is 0.540. The summed E-state index contributed by atoms with van der Waals surface area (Å²) in [5.41, 5.74) is 2.05. The Bertz CT molecular complexity index is 974. The number of fused-ring (bicyclic) bond motifs is 1. The number of thiocarbonyl (C=S) groups is 1. The fraction of sp³-hybridized carbons (Fsp3) is 0.227. The SMILES string of the molecule is S=C(Nc1cccc2ccccc12)N1CCN(Cc2c(Cl)cccc2Cl)CC1. The van der Waals surface area contributed by atoms with Crippen molar-refractivity contribution in [1.29, 1.82) is 0 Å². The van der Waals surface area contributed by atoms with Crippen LogP contribution in [0.5, 0.6) is 0 Å². The molecule has 0 atom stereocenters. The van der Waals surface area contributed by atoms with Crippen LogP contribution in [0.1, 0.15) is 5.56 Å². The Balaban J connectivity index is 1.38. The molecule has 1 aliphatic rings. The third kappa shape index (κ3) is 4.26. The minimum absolute atomic E-state index is 0.725. The number of hydrogen-bond acceptors (Lipinski definition) is 2. The molecule has 4 rings (SSSR count). The van der Waals surface area contributed by atoms with Crippen LogP contribution in [0.2, 0.25) is 10.0 Å². The van der Waals surface area contributed by atoms with E-state index in [1.54, 1.807) is 0 Å². The molecule has 1 aliphatic heterocycles. The minimum Gasteiger partial charge on any atom is -0.346 e.